The Morgan fingerprint density at radius 1 is 1.21 bits per heavy atom. The zero-order chi connectivity index (χ0) is 13.8. The van der Waals surface area contributed by atoms with Crippen molar-refractivity contribution in [1.82, 2.24) is 9.36 Å². The number of nitrogens with zero attached hydrogens (tertiary/aromatic N) is 4. The minimum absolute atomic E-state index is 0.847. The topological polar surface area (TPSA) is 32.3 Å². The van der Waals surface area contributed by atoms with Gasteiger partial charge in [0.2, 0.25) is 5.13 Å². The van der Waals surface area contributed by atoms with Gasteiger partial charge in [0, 0.05) is 51.3 Å². The van der Waals surface area contributed by atoms with Crippen molar-refractivity contribution < 1.29 is 0 Å². The number of aryl methyl sites for hydroxylation is 1. The first-order chi connectivity index (χ1) is 9.10. The van der Waals surface area contributed by atoms with Crippen LogP contribution >= 0.6 is 11.5 Å². The van der Waals surface area contributed by atoms with E-state index in [1.165, 1.54) is 22.8 Å². The average molecular weight is 276 g/mol. The van der Waals surface area contributed by atoms with Crippen molar-refractivity contribution >= 4 is 22.4 Å². The van der Waals surface area contributed by atoms with Crippen LogP contribution in [0.2, 0.25) is 0 Å². The molecule has 0 amide bonds. The van der Waals surface area contributed by atoms with Crippen LogP contribution in [0.3, 0.4) is 0 Å². The quantitative estimate of drug-likeness (QED) is 0.840. The van der Waals surface area contributed by atoms with Crippen molar-refractivity contribution in [2.45, 2.75) is 19.9 Å². The first kappa shape index (κ1) is 13.8. The third kappa shape index (κ3) is 3.44. The molecule has 1 aromatic carbocycles. The molecular weight excluding hydrogens is 256 g/mol. The molecule has 0 saturated carbocycles. The van der Waals surface area contributed by atoms with Gasteiger partial charge in [0.1, 0.15) is 5.82 Å². The van der Waals surface area contributed by atoms with Crippen molar-refractivity contribution in [3.05, 3.63) is 35.7 Å². The van der Waals surface area contributed by atoms with E-state index in [0.717, 1.165) is 23.9 Å². The summed E-state index contributed by atoms with van der Waals surface area (Å²) in [7, 11) is 6.17. The highest BCUT2D eigenvalue weighted by Gasteiger charge is 2.08. The lowest BCUT2D eigenvalue weighted by atomic mass is 10.2. The van der Waals surface area contributed by atoms with Gasteiger partial charge in [-0.1, -0.05) is 19.1 Å². The van der Waals surface area contributed by atoms with Gasteiger partial charge in [0.05, 0.1) is 0 Å². The van der Waals surface area contributed by atoms with Gasteiger partial charge in [-0.25, -0.2) is 4.98 Å². The van der Waals surface area contributed by atoms with Crippen LogP contribution in [0.1, 0.15) is 18.3 Å². The Hall–Kier alpha value is -1.62. The van der Waals surface area contributed by atoms with Gasteiger partial charge in [-0.2, -0.15) is 4.37 Å². The molecule has 0 spiro atoms. The molecule has 0 radical (unpaired) electrons. The van der Waals surface area contributed by atoms with Gasteiger partial charge in [-0.15, -0.1) is 0 Å². The monoisotopic (exact) mass is 276 g/mol. The molecule has 0 aliphatic heterocycles. The van der Waals surface area contributed by atoms with Gasteiger partial charge in [-0.05, 0) is 17.7 Å². The number of rotatable bonds is 5. The van der Waals surface area contributed by atoms with Crippen molar-refractivity contribution in [3.63, 3.8) is 0 Å². The Labute approximate surface area is 118 Å². The predicted octanol–water partition coefficient (Wildman–Crippen LogP) is 2.80. The molecule has 1 heterocycles. The van der Waals surface area contributed by atoms with Gasteiger partial charge in [-0.3, -0.25) is 0 Å². The molecule has 2 rings (SSSR count). The number of anilines is 2. The SMILES string of the molecule is CCc1nsc(N(C)Cc2cccc(N(C)C)c2)n1. The fourth-order valence-corrected chi connectivity index (χ4v) is 2.52. The highest BCUT2D eigenvalue weighted by atomic mass is 32.1. The summed E-state index contributed by atoms with van der Waals surface area (Å²) >= 11 is 1.47. The summed E-state index contributed by atoms with van der Waals surface area (Å²) in [5, 5.41) is 0.979. The second kappa shape index (κ2) is 6.02. The fourth-order valence-electron chi connectivity index (χ4n) is 1.82. The Morgan fingerprint density at radius 3 is 2.63 bits per heavy atom. The minimum atomic E-state index is 0.847. The molecule has 19 heavy (non-hydrogen) atoms. The maximum atomic E-state index is 4.51. The zero-order valence-electron chi connectivity index (χ0n) is 11.9. The van der Waals surface area contributed by atoms with E-state index < -0.39 is 0 Å². The van der Waals surface area contributed by atoms with Crippen LogP contribution in [0.4, 0.5) is 10.8 Å². The standard InChI is InChI=1S/C14H20N4S/c1-5-13-15-14(19-16-13)18(4)10-11-7-6-8-12(9-11)17(2)3/h6-9H,5,10H2,1-4H3. The molecule has 1 aromatic heterocycles. The van der Waals surface area contributed by atoms with Crippen molar-refractivity contribution in [2.24, 2.45) is 0 Å². The van der Waals surface area contributed by atoms with E-state index in [-0.39, 0.29) is 0 Å². The van der Waals surface area contributed by atoms with E-state index in [1.807, 2.05) is 0 Å². The number of benzene rings is 1. The molecule has 0 N–H and O–H groups in total. The zero-order valence-corrected chi connectivity index (χ0v) is 12.7. The molecule has 102 valence electrons. The van der Waals surface area contributed by atoms with E-state index in [2.05, 4.69) is 71.5 Å². The first-order valence-corrected chi connectivity index (χ1v) is 7.17. The smallest absolute Gasteiger partial charge is 0.205 e. The lowest BCUT2D eigenvalue weighted by Gasteiger charge is -2.17. The molecule has 0 saturated heterocycles. The van der Waals surface area contributed by atoms with Gasteiger partial charge in [0.25, 0.3) is 0 Å². The Balaban J connectivity index is 2.09. The summed E-state index contributed by atoms with van der Waals surface area (Å²) in [5.41, 5.74) is 2.50. The molecule has 0 aliphatic rings. The molecular formula is C14H20N4S. The highest BCUT2D eigenvalue weighted by Crippen LogP contribution is 2.20. The molecule has 2 aromatic rings. The Morgan fingerprint density at radius 2 is 2.00 bits per heavy atom. The predicted molar refractivity (Wildman–Crippen MR) is 82.2 cm³/mol. The van der Waals surface area contributed by atoms with Crippen molar-refractivity contribution in [3.8, 4) is 0 Å². The fraction of sp³-hybridized carbons (Fsp3) is 0.429. The van der Waals surface area contributed by atoms with Crippen LogP contribution in [-0.2, 0) is 13.0 Å². The molecule has 4 nitrogen and oxygen atoms in total. The van der Waals surface area contributed by atoms with Gasteiger partial charge < -0.3 is 9.80 Å². The Bertz CT molecular complexity index is 536. The van der Waals surface area contributed by atoms with Crippen LogP contribution in [0, 0.1) is 0 Å². The molecule has 0 unspecified atom stereocenters. The third-order valence-corrected chi connectivity index (χ3v) is 3.82. The number of hydrogen-bond acceptors (Lipinski definition) is 5. The van der Waals surface area contributed by atoms with E-state index in [1.54, 1.807) is 0 Å². The number of aromatic nitrogens is 2. The normalized spacial score (nSPS) is 10.5. The van der Waals surface area contributed by atoms with Crippen LogP contribution in [-0.4, -0.2) is 30.5 Å². The number of hydrogen-bond donors (Lipinski definition) is 0. The molecule has 0 fully saturated rings. The highest BCUT2D eigenvalue weighted by molar-refractivity contribution is 7.09. The largest absolute Gasteiger partial charge is 0.378 e. The Kier molecular flexibility index (Phi) is 4.37. The van der Waals surface area contributed by atoms with Crippen LogP contribution in [0.25, 0.3) is 0 Å². The lowest BCUT2D eigenvalue weighted by Crippen LogP contribution is -2.17. The molecule has 0 bridgehead atoms. The third-order valence-electron chi connectivity index (χ3n) is 2.95. The van der Waals surface area contributed by atoms with Gasteiger partial charge in [0.15, 0.2) is 0 Å². The van der Waals surface area contributed by atoms with Crippen molar-refractivity contribution in [1.29, 1.82) is 0 Å². The molecule has 0 aliphatic carbocycles. The second-order valence-corrected chi connectivity index (χ2v) is 5.50. The average Bonchev–Trinajstić information content (AvgIpc) is 2.88. The van der Waals surface area contributed by atoms with Crippen LogP contribution < -0.4 is 9.80 Å². The summed E-state index contributed by atoms with van der Waals surface area (Å²) in [6.45, 7) is 2.92. The maximum Gasteiger partial charge on any atom is 0.205 e. The van der Waals surface area contributed by atoms with E-state index >= 15 is 0 Å². The van der Waals surface area contributed by atoms with E-state index in [9.17, 15) is 0 Å². The van der Waals surface area contributed by atoms with E-state index in [4.69, 9.17) is 0 Å². The van der Waals surface area contributed by atoms with Gasteiger partial charge >= 0.3 is 0 Å². The summed E-state index contributed by atoms with van der Waals surface area (Å²) in [6.07, 6.45) is 0.889. The van der Waals surface area contributed by atoms with Crippen LogP contribution in [0.5, 0.6) is 0 Å². The minimum Gasteiger partial charge on any atom is -0.378 e. The summed E-state index contributed by atoms with van der Waals surface area (Å²) in [5.74, 6) is 0.925. The second-order valence-electron chi connectivity index (χ2n) is 4.77. The summed E-state index contributed by atoms with van der Waals surface area (Å²) < 4.78 is 4.32. The van der Waals surface area contributed by atoms with E-state index in [0.29, 0.717) is 0 Å². The molecule has 5 heteroatoms. The van der Waals surface area contributed by atoms with Crippen molar-refractivity contribution in [2.75, 3.05) is 30.9 Å². The maximum absolute atomic E-state index is 4.51. The summed E-state index contributed by atoms with van der Waals surface area (Å²) in [6, 6.07) is 8.56. The molecule has 0 atom stereocenters. The summed E-state index contributed by atoms with van der Waals surface area (Å²) in [4.78, 5) is 8.76. The first-order valence-electron chi connectivity index (χ1n) is 6.40. The van der Waals surface area contributed by atoms with Crippen LogP contribution in [0.15, 0.2) is 24.3 Å². The lowest BCUT2D eigenvalue weighted by molar-refractivity contribution is 0.897.